The zero-order valence-electron chi connectivity index (χ0n) is 22.8. The fourth-order valence-corrected chi connectivity index (χ4v) is 6.76. The molecule has 8 nitrogen and oxygen atoms in total. The normalized spacial score (nSPS) is 32.8. The third-order valence-corrected chi connectivity index (χ3v) is 8.47. The standard InChI is InChI=1S/C30H39N3O5/c1-28(2,3)33-18-11-15-30-23(26(36)32(17-8-9-19-34)24(30)27(33)37)22-25(35)31(16-10-14-29(22,4)38-30)20-21-12-6-5-7-13-21/h5-7,10-15,22-24,34H,8-9,16-20H2,1-4H3/t22-,23+,24?,29+,30+/m1/s1. The van der Waals surface area contributed by atoms with Crippen LogP contribution in [0.15, 0.2) is 54.6 Å². The second kappa shape index (κ2) is 9.65. The highest BCUT2D eigenvalue weighted by molar-refractivity contribution is 6.00. The predicted octanol–water partition coefficient (Wildman–Crippen LogP) is 2.53. The summed E-state index contributed by atoms with van der Waals surface area (Å²) in [6, 6.07) is 8.94. The maximum absolute atomic E-state index is 14.3. The Morgan fingerprint density at radius 1 is 0.947 bits per heavy atom. The van der Waals surface area contributed by atoms with Crippen molar-refractivity contribution in [3.63, 3.8) is 0 Å². The fraction of sp³-hybridized carbons (Fsp3) is 0.567. The van der Waals surface area contributed by atoms with Gasteiger partial charge in [0.2, 0.25) is 17.7 Å². The molecule has 8 heteroatoms. The Hall–Kier alpha value is -2.97. The number of aliphatic hydroxyl groups is 1. The molecule has 5 atom stereocenters. The van der Waals surface area contributed by atoms with Crippen LogP contribution in [0.2, 0.25) is 0 Å². The van der Waals surface area contributed by atoms with Gasteiger partial charge in [-0.2, -0.15) is 0 Å². The van der Waals surface area contributed by atoms with Crippen molar-refractivity contribution in [2.75, 3.05) is 26.2 Å². The number of carbonyl (C=O) groups excluding carboxylic acids is 3. The summed E-state index contributed by atoms with van der Waals surface area (Å²) in [5.74, 6) is -2.11. The van der Waals surface area contributed by atoms with Crippen LogP contribution >= 0.6 is 0 Å². The summed E-state index contributed by atoms with van der Waals surface area (Å²) < 4.78 is 6.86. The molecule has 0 aliphatic carbocycles. The molecule has 38 heavy (non-hydrogen) atoms. The van der Waals surface area contributed by atoms with E-state index in [-0.39, 0.29) is 24.3 Å². The van der Waals surface area contributed by atoms with Gasteiger partial charge in [0.1, 0.15) is 11.6 Å². The number of nitrogens with zero attached hydrogens (tertiary/aromatic N) is 3. The topological polar surface area (TPSA) is 90.4 Å². The molecule has 4 heterocycles. The average molecular weight is 522 g/mol. The number of hydrogen-bond acceptors (Lipinski definition) is 5. The maximum Gasteiger partial charge on any atom is 0.249 e. The number of unbranched alkanes of at least 4 members (excludes halogenated alkanes) is 1. The number of benzene rings is 1. The lowest BCUT2D eigenvalue weighted by molar-refractivity contribution is -0.155. The van der Waals surface area contributed by atoms with Crippen molar-refractivity contribution in [1.82, 2.24) is 14.7 Å². The lowest BCUT2D eigenvalue weighted by Crippen LogP contribution is -2.59. The van der Waals surface area contributed by atoms with Crippen molar-refractivity contribution >= 4 is 17.7 Å². The van der Waals surface area contributed by atoms with E-state index in [1.54, 1.807) is 14.7 Å². The highest BCUT2D eigenvalue weighted by Gasteiger charge is 2.74. The highest BCUT2D eigenvalue weighted by atomic mass is 16.5. The van der Waals surface area contributed by atoms with Crippen molar-refractivity contribution in [2.45, 2.75) is 69.9 Å². The summed E-state index contributed by atoms with van der Waals surface area (Å²) >= 11 is 0. The molecule has 3 amide bonds. The van der Waals surface area contributed by atoms with E-state index in [1.807, 2.05) is 82.3 Å². The summed E-state index contributed by atoms with van der Waals surface area (Å²) in [4.78, 5) is 47.9. The van der Waals surface area contributed by atoms with E-state index in [9.17, 15) is 19.5 Å². The van der Waals surface area contributed by atoms with Crippen molar-refractivity contribution in [3.05, 3.63) is 60.2 Å². The van der Waals surface area contributed by atoms with Gasteiger partial charge in [0.05, 0.1) is 17.4 Å². The second-order valence-corrected chi connectivity index (χ2v) is 12.1. The van der Waals surface area contributed by atoms with E-state index >= 15 is 0 Å². The van der Waals surface area contributed by atoms with Gasteiger partial charge in [-0.3, -0.25) is 14.4 Å². The molecule has 1 N–H and O–H groups in total. The zero-order valence-corrected chi connectivity index (χ0v) is 22.8. The van der Waals surface area contributed by atoms with E-state index in [2.05, 4.69) is 0 Å². The van der Waals surface area contributed by atoms with Gasteiger partial charge in [-0.15, -0.1) is 0 Å². The third-order valence-electron chi connectivity index (χ3n) is 8.47. The molecular weight excluding hydrogens is 482 g/mol. The van der Waals surface area contributed by atoms with E-state index in [0.29, 0.717) is 39.0 Å². The Bertz CT molecular complexity index is 1160. The number of fused-ring (bicyclic) bond motifs is 2. The van der Waals surface area contributed by atoms with Crippen LogP contribution in [-0.4, -0.2) is 86.6 Å². The molecule has 1 unspecified atom stereocenters. The van der Waals surface area contributed by atoms with Gasteiger partial charge in [-0.05, 0) is 46.1 Å². The van der Waals surface area contributed by atoms with Crippen LogP contribution in [0.5, 0.6) is 0 Å². The largest absolute Gasteiger partial charge is 0.396 e. The summed E-state index contributed by atoms with van der Waals surface area (Å²) in [7, 11) is 0. The van der Waals surface area contributed by atoms with Crippen molar-refractivity contribution in [2.24, 2.45) is 11.8 Å². The number of aliphatic hydroxyl groups excluding tert-OH is 1. The summed E-state index contributed by atoms with van der Waals surface area (Å²) in [5, 5.41) is 9.38. The molecule has 1 spiro atoms. The minimum Gasteiger partial charge on any atom is -0.396 e. The van der Waals surface area contributed by atoms with Crippen molar-refractivity contribution < 1.29 is 24.2 Å². The van der Waals surface area contributed by atoms with Crippen molar-refractivity contribution in [3.8, 4) is 0 Å². The summed E-state index contributed by atoms with van der Waals surface area (Å²) in [6.07, 6.45) is 8.75. The molecule has 5 rings (SSSR count). The van der Waals surface area contributed by atoms with Crippen LogP contribution in [0.4, 0.5) is 0 Å². The molecule has 2 saturated heterocycles. The van der Waals surface area contributed by atoms with Crippen LogP contribution in [0.25, 0.3) is 0 Å². The average Bonchev–Trinajstić information content (AvgIpc) is 3.12. The minimum atomic E-state index is -1.25. The molecule has 0 aromatic heterocycles. The first-order valence-electron chi connectivity index (χ1n) is 13.6. The quantitative estimate of drug-likeness (QED) is 0.459. The molecule has 0 radical (unpaired) electrons. The van der Waals surface area contributed by atoms with Crippen molar-refractivity contribution in [1.29, 1.82) is 0 Å². The summed E-state index contributed by atoms with van der Waals surface area (Å²) in [6.45, 7) is 9.41. The summed E-state index contributed by atoms with van der Waals surface area (Å²) in [5.41, 5.74) is -1.72. The lowest BCUT2D eigenvalue weighted by atomic mass is 9.74. The molecule has 0 bridgehead atoms. The first kappa shape index (κ1) is 26.6. The molecular formula is C30H39N3O5. The molecule has 4 aliphatic heterocycles. The molecule has 4 aliphatic rings. The molecule has 1 aromatic rings. The number of likely N-dealkylation sites (tertiary alicyclic amines) is 1. The van der Waals surface area contributed by atoms with Gasteiger partial charge in [0, 0.05) is 38.3 Å². The van der Waals surface area contributed by atoms with Gasteiger partial charge >= 0.3 is 0 Å². The Balaban J connectivity index is 1.58. The van der Waals surface area contributed by atoms with Crippen LogP contribution in [0, 0.1) is 11.8 Å². The van der Waals surface area contributed by atoms with E-state index in [1.165, 1.54) is 0 Å². The van der Waals surface area contributed by atoms with Gasteiger partial charge in [0.25, 0.3) is 0 Å². The number of hydrogen-bond donors (Lipinski definition) is 1. The maximum atomic E-state index is 14.3. The van der Waals surface area contributed by atoms with Gasteiger partial charge in [0.15, 0.2) is 0 Å². The number of ether oxygens (including phenoxy) is 1. The van der Waals surface area contributed by atoms with Gasteiger partial charge in [-0.25, -0.2) is 0 Å². The van der Waals surface area contributed by atoms with Gasteiger partial charge < -0.3 is 24.5 Å². The number of carbonyl (C=O) groups is 3. The van der Waals surface area contributed by atoms with Crippen LogP contribution in [-0.2, 0) is 25.7 Å². The lowest BCUT2D eigenvalue weighted by Gasteiger charge is -2.41. The third kappa shape index (κ3) is 4.18. The minimum absolute atomic E-state index is 0.0121. The number of rotatable bonds is 6. The van der Waals surface area contributed by atoms with Crippen LogP contribution < -0.4 is 0 Å². The monoisotopic (exact) mass is 521 g/mol. The Labute approximate surface area is 224 Å². The highest BCUT2D eigenvalue weighted by Crippen LogP contribution is 2.57. The Morgan fingerprint density at radius 2 is 1.66 bits per heavy atom. The first-order chi connectivity index (χ1) is 18.0. The van der Waals surface area contributed by atoms with Crippen LogP contribution in [0.1, 0.15) is 46.1 Å². The number of amides is 3. The molecule has 2 fully saturated rings. The van der Waals surface area contributed by atoms with E-state index in [0.717, 1.165) is 5.56 Å². The smallest absolute Gasteiger partial charge is 0.249 e. The Kier molecular flexibility index (Phi) is 6.76. The van der Waals surface area contributed by atoms with Crippen LogP contribution in [0.3, 0.4) is 0 Å². The molecule has 204 valence electrons. The second-order valence-electron chi connectivity index (χ2n) is 12.1. The zero-order chi connectivity index (χ0) is 27.3. The van der Waals surface area contributed by atoms with Gasteiger partial charge in [-0.1, -0.05) is 54.6 Å². The first-order valence-corrected chi connectivity index (χ1v) is 13.6. The van der Waals surface area contributed by atoms with E-state index in [4.69, 9.17) is 4.74 Å². The van der Waals surface area contributed by atoms with E-state index < -0.39 is 34.6 Å². The SMILES string of the molecule is CC(C)(C)N1CC=C[C@]23O[C@@]4(C)C=CCN(Cc5ccccc5)C(=O)[C@H]4[C@H]2C(=O)N(CCCCO)C3C1=O. The molecule has 1 aromatic carbocycles. The predicted molar refractivity (Wildman–Crippen MR) is 143 cm³/mol. The Morgan fingerprint density at radius 3 is 2.34 bits per heavy atom. The fourth-order valence-electron chi connectivity index (χ4n) is 6.76. The molecule has 0 saturated carbocycles.